The van der Waals surface area contributed by atoms with Gasteiger partial charge in [-0.1, -0.05) is 12.8 Å². The van der Waals surface area contributed by atoms with Gasteiger partial charge in [-0.3, -0.25) is 0 Å². The number of aryl methyl sites for hydroxylation is 1. The average molecular weight is 264 g/mol. The van der Waals surface area contributed by atoms with Crippen molar-refractivity contribution in [2.24, 2.45) is 0 Å². The quantitative estimate of drug-likeness (QED) is 0.782. The molecule has 1 N–H and O–H groups in total. The van der Waals surface area contributed by atoms with E-state index in [1.54, 1.807) is 6.26 Å². The van der Waals surface area contributed by atoms with Crippen LogP contribution < -0.4 is 5.32 Å². The summed E-state index contributed by atoms with van der Waals surface area (Å²) < 4.78 is 5.36. The van der Waals surface area contributed by atoms with Crippen molar-refractivity contribution in [3.05, 3.63) is 24.2 Å². The van der Waals surface area contributed by atoms with Crippen LogP contribution in [0.2, 0.25) is 0 Å². The summed E-state index contributed by atoms with van der Waals surface area (Å²) in [5, 5.41) is 3.62. The van der Waals surface area contributed by atoms with E-state index in [-0.39, 0.29) is 0 Å². The third-order valence-corrected chi connectivity index (χ3v) is 4.31. The highest BCUT2D eigenvalue weighted by Gasteiger charge is 2.18. The third kappa shape index (κ3) is 5.00. The Labute approximate surface area is 117 Å². The zero-order chi connectivity index (χ0) is 13.5. The molecule has 0 spiro atoms. The van der Waals surface area contributed by atoms with E-state index in [1.165, 1.54) is 25.7 Å². The van der Waals surface area contributed by atoms with Crippen LogP contribution in [0.1, 0.15) is 44.8 Å². The molecule has 1 aromatic rings. The van der Waals surface area contributed by atoms with Crippen LogP contribution in [0.5, 0.6) is 0 Å². The van der Waals surface area contributed by atoms with E-state index in [2.05, 4.69) is 30.3 Å². The fourth-order valence-electron chi connectivity index (χ4n) is 2.93. The molecular weight excluding hydrogens is 236 g/mol. The molecule has 108 valence electrons. The first-order chi connectivity index (χ1) is 9.25. The molecule has 1 unspecified atom stereocenters. The Bertz CT molecular complexity index is 331. The maximum absolute atomic E-state index is 5.36. The number of rotatable bonds is 8. The van der Waals surface area contributed by atoms with Crippen molar-refractivity contribution in [2.45, 2.75) is 57.5 Å². The van der Waals surface area contributed by atoms with Crippen LogP contribution in [0.3, 0.4) is 0 Å². The van der Waals surface area contributed by atoms with Gasteiger partial charge in [-0.05, 0) is 45.4 Å². The molecule has 0 aromatic carbocycles. The lowest BCUT2D eigenvalue weighted by atomic mass is 10.1. The first-order valence-electron chi connectivity index (χ1n) is 7.71. The van der Waals surface area contributed by atoms with Crippen LogP contribution in [-0.4, -0.2) is 37.1 Å². The topological polar surface area (TPSA) is 28.4 Å². The van der Waals surface area contributed by atoms with Gasteiger partial charge in [0.25, 0.3) is 0 Å². The van der Waals surface area contributed by atoms with Crippen molar-refractivity contribution in [1.29, 1.82) is 0 Å². The van der Waals surface area contributed by atoms with Crippen LogP contribution in [0.4, 0.5) is 0 Å². The third-order valence-electron chi connectivity index (χ3n) is 4.31. The smallest absolute Gasteiger partial charge is 0.103 e. The van der Waals surface area contributed by atoms with Crippen LogP contribution in [0.25, 0.3) is 0 Å². The molecule has 1 atom stereocenters. The molecule has 19 heavy (non-hydrogen) atoms. The van der Waals surface area contributed by atoms with Gasteiger partial charge in [0.1, 0.15) is 5.76 Å². The highest BCUT2D eigenvalue weighted by molar-refractivity contribution is 4.98. The number of hydrogen-bond donors (Lipinski definition) is 1. The molecule has 1 aliphatic carbocycles. The van der Waals surface area contributed by atoms with E-state index in [4.69, 9.17) is 4.42 Å². The van der Waals surface area contributed by atoms with Gasteiger partial charge < -0.3 is 14.6 Å². The number of hydrogen-bond acceptors (Lipinski definition) is 3. The Balaban J connectivity index is 1.54. The molecule has 1 heterocycles. The summed E-state index contributed by atoms with van der Waals surface area (Å²) in [6.07, 6.45) is 9.54. The number of likely N-dealkylation sites (N-methyl/N-ethyl adjacent to an activating group) is 1. The van der Waals surface area contributed by atoms with E-state index in [1.807, 2.05) is 6.07 Å². The first-order valence-corrected chi connectivity index (χ1v) is 7.71. The Kier molecular flexibility index (Phi) is 5.93. The zero-order valence-corrected chi connectivity index (χ0v) is 12.4. The molecule has 0 bridgehead atoms. The second kappa shape index (κ2) is 7.71. The fraction of sp³-hybridized carbons (Fsp3) is 0.750. The maximum atomic E-state index is 5.36. The van der Waals surface area contributed by atoms with Crippen molar-refractivity contribution in [3.63, 3.8) is 0 Å². The summed E-state index contributed by atoms with van der Waals surface area (Å²) in [7, 11) is 2.27. The molecule has 2 rings (SSSR count). The SMILES string of the molecule is CC(CCc1ccco1)NCCN(C)C1CCCC1. The summed E-state index contributed by atoms with van der Waals surface area (Å²) in [6.45, 7) is 4.51. The lowest BCUT2D eigenvalue weighted by Gasteiger charge is -2.25. The Morgan fingerprint density at radius 1 is 1.42 bits per heavy atom. The maximum Gasteiger partial charge on any atom is 0.103 e. The van der Waals surface area contributed by atoms with Gasteiger partial charge in [0, 0.05) is 31.6 Å². The molecule has 1 aromatic heterocycles. The number of nitrogens with one attached hydrogen (secondary N) is 1. The molecule has 0 saturated heterocycles. The van der Waals surface area contributed by atoms with E-state index in [0.29, 0.717) is 6.04 Å². The minimum absolute atomic E-state index is 0.557. The minimum atomic E-state index is 0.557. The zero-order valence-electron chi connectivity index (χ0n) is 12.4. The van der Waals surface area contributed by atoms with Crippen molar-refractivity contribution in [1.82, 2.24) is 10.2 Å². The van der Waals surface area contributed by atoms with Crippen molar-refractivity contribution in [3.8, 4) is 0 Å². The molecule has 3 nitrogen and oxygen atoms in total. The summed E-state index contributed by atoms with van der Waals surface area (Å²) in [5.74, 6) is 1.09. The lowest BCUT2D eigenvalue weighted by Crippen LogP contribution is -2.38. The predicted octanol–water partition coefficient (Wildman–Crippen LogP) is 3.06. The molecule has 3 heteroatoms. The van der Waals surface area contributed by atoms with Gasteiger partial charge in [-0.2, -0.15) is 0 Å². The average Bonchev–Trinajstić information content (AvgIpc) is 3.09. The van der Waals surface area contributed by atoms with Gasteiger partial charge in [-0.15, -0.1) is 0 Å². The number of furan rings is 1. The standard InChI is InChI=1S/C16H28N2O/c1-14(9-10-16-8-5-13-19-16)17-11-12-18(2)15-6-3-4-7-15/h5,8,13-15,17H,3-4,6-7,9-12H2,1-2H3. The highest BCUT2D eigenvalue weighted by atomic mass is 16.3. The molecule has 0 aliphatic heterocycles. The lowest BCUT2D eigenvalue weighted by molar-refractivity contribution is 0.242. The highest BCUT2D eigenvalue weighted by Crippen LogP contribution is 2.21. The largest absolute Gasteiger partial charge is 0.469 e. The summed E-state index contributed by atoms with van der Waals surface area (Å²) in [4.78, 5) is 2.53. The predicted molar refractivity (Wildman–Crippen MR) is 79.4 cm³/mol. The van der Waals surface area contributed by atoms with E-state index < -0.39 is 0 Å². The van der Waals surface area contributed by atoms with Crippen molar-refractivity contribution in [2.75, 3.05) is 20.1 Å². The van der Waals surface area contributed by atoms with Gasteiger partial charge in [0.15, 0.2) is 0 Å². The summed E-state index contributed by atoms with van der Waals surface area (Å²) in [5.41, 5.74) is 0. The van der Waals surface area contributed by atoms with Crippen LogP contribution >= 0.6 is 0 Å². The van der Waals surface area contributed by atoms with Crippen molar-refractivity contribution < 1.29 is 4.42 Å². The van der Waals surface area contributed by atoms with E-state index >= 15 is 0 Å². The second-order valence-corrected chi connectivity index (χ2v) is 5.89. The monoisotopic (exact) mass is 264 g/mol. The normalized spacial score (nSPS) is 18.3. The van der Waals surface area contributed by atoms with E-state index in [9.17, 15) is 0 Å². The van der Waals surface area contributed by atoms with Gasteiger partial charge >= 0.3 is 0 Å². The summed E-state index contributed by atoms with van der Waals surface area (Å²) >= 11 is 0. The minimum Gasteiger partial charge on any atom is -0.469 e. The number of nitrogens with zero attached hydrogens (tertiary/aromatic N) is 1. The van der Waals surface area contributed by atoms with Gasteiger partial charge in [-0.25, -0.2) is 0 Å². The van der Waals surface area contributed by atoms with Crippen LogP contribution in [0.15, 0.2) is 22.8 Å². The van der Waals surface area contributed by atoms with E-state index in [0.717, 1.165) is 37.7 Å². The van der Waals surface area contributed by atoms with Crippen molar-refractivity contribution >= 4 is 0 Å². The van der Waals surface area contributed by atoms with Crippen LogP contribution in [-0.2, 0) is 6.42 Å². The second-order valence-electron chi connectivity index (χ2n) is 5.89. The Morgan fingerprint density at radius 2 is 2.21 bits per heavy atom. The molecule has 1 saturated carbocycles. The Hall–Kier alpha value is -0.800. The molecule has 0 radical (unpaired) electrons. The Morgan fingerprint density at radius 3 is 2.89 bits per heavy atom. The van der Waals surface area contributed by atoms with Crippen LogP contribution in [0, 0.1) is 0 Å². The fourth-order valence-corrected chi connectivity index (χ4v) is 2.93. The summed E-state index contributed by atoms with van der Waals surface area (Å²) in [6, 6.07) is 5.41. The molecule has 1 fully saturated rings. The molecule has 1 aliphatic rings. The molecule has 0 amide bonds. The molecular formula is C16H28N2O. The van der Waals surface area contributed by atoms with Gasteiger partial charge in [0.2, 0.25) is 0 Å². The van der Waals surface area contributed by atoms with Gasteiger partial charge in [0.05, 0.1) is 6.26 Å². The first kappa shape index (κ1) is 14.6.